The molecule has 9 heteroatoms. The highest BCUT2D eigenvalue weighted by atomic mass is 32.2. The van der Waals surface area contributed by atoms with Gasteiger partial charge in [-0.1, -0.05) is 30.3 Å². The third-order valence-corrected chi connectivity index (χ3v) is 8.31. The number of anilines is 1. The largest absolute Gasteiger partial charge is 0.506 e. The molecule has 0 atom stereocenters. The fourth-order valence-corrected chi connectivity index (χ4v) is 5.94. The monoisotopic (exact) mass is 448 g/mol. The first-order chi connectivity index (χ1) is 13.9. The first-order valence-corrected chi connectivity index (χ1v) is 12.5. The minimum absolute atomic E-state index is 0.00102. The molecule has 1 amide bonds. The maximum Gasteiger partial charge on any atom is 0.271 e. The molecule has 1 heterocycles. The van der Waals surface area contributed by atoms with Crippen molar-refractivity contribution in [2.24, 2.45) is 0 Å². The van der Waals surface area contributed by atoms with Crippen LogP contribution in [-0.2, 0) is 14.8 Å². The van der Waals surface area contributed by atoms with E-state index < -0.39 is 10.0 Å². The number of phenolic OH excluding ortho intramolecular Hbond substituents is 1. The van der Waals surface area contributed by atoms with Gasteiger partial charge in [0.1, 0.15) is 9.96 Å². The molecule has 1 saturated carbocycles. The second-order valence-electron chi connectivity index (χ2n) is 6.79. The molecule has 0 saturated heterocycles. The molecule has 0 unspecified atom stereocenters. The van der Waals surface area contributed by atoms with Crippen LogP contribution in [0.25, 0.3) is 10.8 Å². The summed E-state index contributed by atoms with van der Waals surface area (Å²) in [7, 11) is -3.72. The summed E-state index contributed by atoms with van der Waals surface area (Å²) in [6.45, 7) is 0. The summed E-state index contributed by atoms with van der Waals surface area (Å²) in [5.74, 6) is 0.577. The van der Waals surface area contributed by atoms with Gasteiger partial charge in [-0.15, -0.1) is 23.1 Å². The fraction of sp³-hybridized carbons (Fsp3) is 0.250. The van der Waals surface area contributed by atoms with Crippen LogP contribution in [0.4, 0.5) is 5.69 Å². The number of thiophene rings is 1. The normalized spacial score (nSPS) is 14.1. The van der Waals surface area contributed by atoms with Crippen LogP contribution < -0.4 is 10.0 Å². The number of carbonyl (C=O) groups excluding carboxylic acids is 1. The van der Waals surface area contributed by atoms with Crippen molar-refractivity contribution in [1.82, 2.24) is 5.32 Å². The van der Waals surface area contributed by atoms with Gasteiger partial charge in [-0.3, -0.25) is 9.52 Å². The predicted octanol–water partition coefficient (Wildman–Crippen LogP) is 4.17. The number of nitrogens with one attached hydrogen (secondary N) is 2. The Morgan fingerprint density at radius 2 is 1.93 bits per heavy atom. The Kier molecular flexibility index (Phi) is 5.71. The molecule has 1 aliphatic rings. The second-order valence-corrected chi connectivity index (χ2v) is 10.8. The quantitative estimate of drug-likeness (QED) is 0.355. The van der Waals surface area contributed by atoms with Gasteiger partial charge in [0.25, 0.3) is 10.0 Å². The number of sulfonamides is 1. The molecule has 2 aromatic carbocycles. The van der Waals surface area contributed by atoms with E-state index in [1.165, 1.54) is 11.8 Å². The zero-order valence-corrected chi connectivity index (χ0v) is 17.9. The molecule has 0 aliphatic heterocycles. The number of hydrogen-bond acceptors (Lipinski definition) is 6. The molecule has 1 aliphatic carbocycles. The molecular formula is C20H20N2O4S3. The van der Waals surface area contributed by atoms with Crippen LogP contribution in [0.15, 0.2) is 56.9 Å². The molecule has 0 bridgehead atoms. The predicted molar refractivity (Wildman–Crippen MR) is 117 cm³/mol. The molecule has 3 aromatic rings. The van der Waals surface area contributed by atoms with Crippen LogP contribution in [0.1, 0.15) is 19.3 Å². The van der Waals surface area contributed by atoms with Crippen LogP contribution in [0.3, 0.4) is 0 Å². The van der Waals surface area contributed by atoms with Gasteiger partial charge < -0.3 is 10.4 Å². The minimum atomic E-state index is -3.72. The Morgan fingerprint density at radius 3 is 2.62 bits per heavy atom. The van der Waals surface area contributed by atoms with Crippen LogP contribution in [0, 0.1) is 0 Å². The van der Waals surface area contributed by atoms with E-state index in [0.717, 1.165) is 24.2 Å². The summed E-state index contributed by atoms with van der Waals surface area (Å²) >= 11 is 2.47. The Balaban J connectivity index is 1.59. The standard InChI is InChI=1S/C20H20N2O4S3/c23-18(21-13-7-8-13)9-11-27-17-12-16(14-4-1-2-5-15(14)20(17)24)22-29(25,26)19-6-3-10-28-19/h1-6,10,12-13,22,24H,7-9,11H2,(H,21,23). The molecule has 1 fully saturated rings. The van der Waals surface area contributed by atoms with Crippen molar-refractivity contribution in [3.63, 3.8) is 0 Å². The van der Waals surface area contributed by atoms with Crippen molar-refractivity contribution in [1.29, 1.82) is 0 Å². The number of carbonyl (C=O) groups is 1. The molecule has 152 valence electrons. The smallest absolute Gasteiger partial charge is 0.271 e. The van der Waals surface area contributed by atoms with Gasteiger partial charge in [0.15, 0.2) is 0 Å². The van der Waals surface area contributed by atoms with Crippen molar-refractivity contribution >= 4 is 55.5 Å². The summed E-state index contributed by atoms with van der Waals surface area (Å²) in [5, 5.41) is 16.5. The van der Waals surface area contributed by atoms with Gasteiger partial charge in [-0.25, -0.2) is 8.42 Å². The van der Waals surface area contributed by atoms with Crippen LogP contribution in [-0.4, -0.2) is 31.2 Å². The lowest BCUT2D eigenvalue weighted by atomic mass is 10.1. The Morgan fingerprint density at radius 1 is 1.17 bits per heavy atom. The van der Waals surface area contributed by atoms with Crippen molar-refractivity contribution < 1.29 is 18.3 Å². The van der Waals surface area contributed by atoms with Crippen molar-refractivity contribution in [3.8, 4) is 5.75 Å². The average Bonchev–Trinajstić information content (AvgIpc) is 3.31. The lowest BCUT2D eigenvalue weighted by Crippen LogP contribution is -2.25. The number of amides is 1. The van der Waals surface area contributed by atoms with Gasteiger partial charge in [-0.2, -0.15) is 0 Å². The SMILES string of the molecule is O=C(CCSc1cc(NS(=O)(=O)c2cccs2)c2ccccc2c1O)NC1CC1. The van der Waals surface area contributed by atoms with Crippen molar-refractivity contribution in [2.45, 2.75) is 34.4 Å². The summed E-state index contributed by atoms with van der Waals surface area (Å²) < 4.78 is 28.2. The number of rotatable bonds is 8. The Hall–Kier alpha value is -2.23. The lowest BCUT2D eigenvalue weighted by Gasteiger charge is -2.14. The highest BCUT2D eigenvalue weighted by Crippen LogP contribution is 2.40. The zero-order valence-electron chi connectivity index (χ0n) is 15.4. The van der Waals surface area contributed by atoms with E-state index in [1.807, 2.05) is 0 Å². The summed E-state index contributed by atoms with van der Waals surface area (Å²) in [4.78, 5) is 12.4. The maximum absolute atomic E-state index is 12.7. The van der Waals surface area contributed by atoms with E-state index in [0.29, 0.717) is 39.6 Å². The second kappa shape index (κ2) is 8.25. The minimum Gasteiger partial charge on any atom is -0.506 e. The number of hydrogen-bond donors (Lipinski definition) is 3. The van der Waals surface area contributed by atoms with E-state index in [9.17, 15) is 18.3 Å². The highest BCUT2D eigenvalue weighted by molar-refractivity contribution is 7.99. The average molecular weight is 449 g/mol. The summed E-state index contributed by atoms with van der Waals surface area (Å²) in [6, 6.07) is 12.3. The van der Waals surface area contributed by atoms with Gasteiger partial charge in [0.2, 0.25) is 5.91 Å². The van der Waals surface area contributed by atoms with Crippen molar-refractivity contribution in [3.05, 3.63) is 47.8 Å². The zero-order chi connectivity index (χ0) is 20.4. The van der Waals surface area contributed by atoms with Crippen LogP contribution >= 0.6 is 23.1 Å². The number of thioether (sulfide) groups is 1. The molecule has 1 aromatic heterocycles. The number of aromatic hydroxyl groups is 1. The number of benzene rings is 2. The Bertz CT molecular complexity index is 1140. The van der Waals surface area contributed by atoms with Crippen LogP contribution in [0.5, 0.6) is 5.75 Å². The molecule has 4 rings (SSSR count). The van der Waals surface area contributed by atoms with Crippen LogP contribution in [0.2, 0.25) is 0 Å². The number of fused-ring (bicyclic) bond motifs is 1. The van der Waals surface area contributed by atoms with E-state index in [2.05, 4.69) is 10.0 Å². The lowest BCUT2D eigenvalue weighted by molar-refractivity contribution is -0.120. The van der Waals surface area contributed by atoms with Gasteiger partial charge >= 0.3 is 0 Å². The molecule has 0 radical (unpaired) electrons. The molecule has 29 heavy (non-hydrogen) atoms. The molecule has 0 spiro atoms. The molecular weight excluding hydrogens is 428 g/mol. The van der Waals surface area contributed by atoms with E-state index in [-0.39, 0.29) is 15.9 Å². The maximum atomic E-state index is 12.7. The molecule has 3 N–H and O–H groups in total. The van der Waals surface area contributed by atoms with E-state index >= 15 is 0 Å². The first-order valence-electron chi connectivity index (χ1n) is 9.17. The van der Waals surface area contributed by atoms with Gasteiger partial charge in [0, 0.05) is 29.0 Å². The molecule has 6 nitrogen and oxygen atoms in total. The summed E-state index contributed by atoms with van der Waals surface area (Å²) in [6.07, 6.45) is 2.42. The topological polar surface area (TPSA) is 95.5 Å². The van der Waals surface area contributed by atoms with E-state index in [4.69, 9.17) is 0 Å². The Labute approximate surface area is 177 Å². The van der Waals surface area contributed by atoms with Crippen molar-refractivity contribution in [2.75, 3.05) is 10.5 Å². The first kappa shape index (κ1) is 20.1. The summed E-state index contributed by atoms with van der Waals surface area (Å²) in [5.41, 5.74) is 0.400. The van der Waals surface area contributed by atoms with Gasteiger partial charge in [-0.05, 0) is 30.4 Å². The third-order valence-electron chi connectivity index (χ3n) is 4.51. The van der Waals surface area contributed by atoms with E-state index in [1.54, 1.807) is 47.8 Å². The highest BCUT2D eigenvalue weighted by Gasteiger charge is 2.23. The number of phenols is 1. The third kappa shape index (κ3) is 4.68. The fourth-order valence-electron chi connectivity index (χ4n) is 2.92. The van der Waals surface area contributed by atoms with Gasteiger partial charge in [0.05, 0.1) is 10.6 Å².